The lowest BCUT2D eigenvalue weighted by molar-refractivity contribution is -0.202. The minimum Gasteiger partial charge on any atom is -0.467 e. The van der Waals surface area contributed by atoms with Crippen molar-refractivity contribution >= 4 is 13.6 Å². The van der Waals surface area contributed by atoms with Crippen LogP contribution in [-0.2, 0) is 28.0 Å². The molecule has 7 nitrogen and oxygen atoms in total. The van der Waals surface area contributed by atoms with Crippen LogP contribution in [0.1, 0.15) is 27.2 Å². The molecule has 1 fully saturated rings. The van der Waals surface area contributed by atoms with Crippen LogP contribution in [-0.4, -0.2) is 49.8 Å². The summed E-state index contributed by atoms with van der Waals surface area (Å²) >= 11 is 0. The van der Waals surface area contributed by atoms with Crippen molar-refractivity contribution in [3.8, 4) is 0 Å². The van der Waals surface area contributed by atoms with Crippen molar-refractivity contribution in [3.05, 3.63) is 0 Å². The topological polar surface area (TPSA) is 74.3 Å². The van der Waals surface area contributed by atoms with Gasteiger partial charge in [-0.25, -0.2) is 4.79 Å². The number of hydroxylamine groups is 2. The summed E-state index contributed by atoms with van der Waals surface area (Å²) in [4.78, 5) is 17.2. The molecule has 0 unspecified atom stereocenters. The SMILES string of the molecule is CCOP(=O)(OCC)[C@@H]1C[C@](C)(C(=O)OC)ON1C. The number of esters is 1. The average Bonchev–Trinajstić information content (AvgIpc) is 2.66. The van der Waals surface area contributed by atoms with Crippen LogP contribution in [0.25, 0.3) is 0 Å². The zero-order valence-electron chi connectivity index (χ0n) is 12.0. The molecule has 1 rings (SSSR count). The van der Waals surface area contributed by atoms with Crippen LogP contribution in [0.15, 0.2) is 0 Å². The zero-order valence-corrected chi connectivity index (χ0v) is 12.9. The highest BCUT2D eigenvalue weighted by Gasteiger charge is 2.55. The molecular weight excluding hydrogens is 273 g/mol. The Bertz CT molecular complexity index is 366. The monoisotopic (exact) mass is 295 g/mol. The molecule has 0 aromatic carbocycles. The lowest BCUT2D eigenvalue weighted by Crippen LogP contribution is -2.36. The molecule has 0 N–H and O–H groups in total. The molecule has 0 amide bonds. The maximum atomic E-state index is 12.7. The predicted octanol–water partition coefficient (Wildman–Crippen LogP) is 1.78. The fraction of sp³-hybridized carbons (Fsp3) is 0.909. The first kappa shape index (κ1) is 16.6. The first-order chi connectivity index (χ1) is 8.83. The van der Waals surface area contributed by atoms with Gasteiger partial charge in [-0.3, -0.25) is 9.40 Å². The van der Waals surface area contributed by atoms with E-state index < -0.39 is 24.9 Å². The van der Waals surface area contributed by atoms with Crippen molar-refractivity contribution in [3.63, 3.8) is 0 Å². The molecule has 1 aliphatic heterocycles. The molecule has 1 saturated heterocycles. The molecule has 8 heteroatoms. The highest BCUT2D eigenvalue weighted by Crippen LogP contribution is 2.58. The molecule has 0 spiro atoms. The van der Waals surface area contributed by atoms with Gasteiger partial charge in [0.2, 0.25) is 0 Å². The van der Waals surface area contributed by atoms with Crippen molar-refractivity contribution < 1.29 is 28.0 Å². The fourth-order valence-electron chi connectivity index (χ4n) is 2.11. The van der Waals surface area contributed by atoms with E-state index in [0.717, 1.165) is 0 Å². The normalized spacial score (nSPS) is 28.6. The Labute approximate surface area is 113 Å². The summed E-state index contributed by atoms with van der Waals surface area (Å²) in [5, 5.41) is 1.36. The molecule has 0 saturated carbocycles. The van der Waals surface area contributed by atoms with Gasteiger partial charge in [0.15, 0.2) is 5.60 Å². The number of methoxy groups -OCH3 is 1. The van der Waals surface area contributed by atoms with Gasteiger partial charge in [-0.15, -0.1) is 0 Å². The molecular formula is C11H22NO6P. The van der Waals surface area contributed by atoms with Gasteiger partial charge in [0.05, 0.1) is 20.3 Å². The summed E-state index contributed by atoms with van der Waals surface area (Å²) in [5.74, 6) is -1.14. The average molecular weight is 295 g/mol. The summed E-state index contributed by atoms with van der Waals surface area (Å²) in [6, 6.07) is 0. The molecule has 1 heterocycles. The fourth-order valence-corrected chi connectivity index (χ4v) is 4.27. The highest BCUT2D eigenvalue weighted by atomic mass is 31.2. The second-order valence-corrected chi connectivity index (χ2v) is 6.61. The molecule has 2 atom stereocenters. The van der Waals surface area contributed by atoms with Crippen LogP contribution >= 0.6 is 7.60 Å². The second kappa shape index (κ2) is 6.33. The summed E-state index contributed by atoms with van der Waals surface area (Å²) in [5.41, 5.74) is -1.17. The van der Waals surface area contributed by atoms with E-state index in [2.05, 4.69) is 0 Å². The van der Waals surface area contributed by atoms with Crippen LogP contribution < -0.4 is 0 Å². The predicted molar refractivity (Wildman–Crippen MR) is 68.5 cm³/mol. The van der Waals surface area contributed by atoms with Gasteiger partial charge in [0.25, 0.3) is 0 Å². The van der Waals surface area contributed by atoms with E-state index >= 15 is 0 Å². The third kappa shape index (κ3) is 3.35. The Morgan fingerprint density at radius 1 is 1.42 bits per heavy atom. The van der Waals surface area contributed by atoms with Crippen LogP contribution in [0.5, 0.6) is 0 Å². The number of carbonyl (C=O) groups is 1. The van der Waals surface area contributed by atoms with Gasteiger partial charge in [-0.1, -0.05) is 0 Å². The van der Waals surface area contributed by atoms with E-state index in [1.807, 2.05) is 0 Å². The maximum Gasteiger partial charge on any atom is 0.350 e. The molecule has 0 radical (unpaired) electrons. The second-order valence-electron chi connectivity index (χ2n) is 4.42. The Morgan fingerprint density at radius 2 is 1.95 bits per heavy atom. The lowest BCUT2D eigenvalue weighted by Gasteiger charge is -2.25. The Kier molecular flexibility index (Phi) is 5.53. The van der Waals surface area contributed by atoms with Gasteiger partial charge >= 0.3 is 13.6 Å². The number of ether oxygens (including phenoxy) is 1. The number of hydrogen-bond donors (Lipinski definition) is 0. The third-order valence-corrected chi connectivity index (χ3v) is 5.41. The smallest absolute Gasteiger partial charge is 0.350 e. The van der Waals surface area contributed by atoms with Crippen LogP contribution in [0.2, 0.25) is 0 Å². The number of rotatable bonds is 6. The van der Waals surface area contributed by atoms with Gasteiger partial charge in [0, 0.05) is 13.5 Å². The molecule has 112 valence electrons. The van der Waals surface area contributed by atoms with Crippen molar-refractivity contribution in [2.24, 2.45) is 0 Å². The largest absolute Gasteiger partial charge is 0.467 e. The first-order valence-electron chi connectivity index (χ1n) is 6.22. The quantitative estimate of drug-likeness (QED) is 0.546. The molecule has 0 aromatic heterocycles. The third-order valence-electron chi connectivity index (χ3n) is 2.94. The van der Waals surface area contributed by atoms with E-state index in [0.29, 0.717) is 0 Å². The lowest BCUT2D eigenvalue weighted by atomic mass is 10.0. The summed E-state index contributed by atoms with van der Waals surface area (Å²) in [6.45, 7) is 5.59. The van der Waals surface area contributed by atoms with Crippen LogP contribution in [0, 0.1) is 0 Å². The van der Waals surface area contributed by atoms with Gasteiger partial charge in [-0.2, -0.15) is 5.06 Å². The van der Waals surface area contributed by atoms with Gasteiger partial charge in [0.1, 0.15) is 5.78 Å². The molecule has 19 heavy (non-hydrogen) atoms. The van der Waals surface area contributed by atoms with Crippen LogP contribution in [0.4, 0.5) is 0 Å². The van der Waals surface area contributed by atoms with Crippen molar-refractivity contribution in [2.75, 3.05) is 27.4 Å². The molecule has 0 aliphatic carbocycles. The highest BCUT2D eigenvalue weighted by molar-refractivity contribution is 7.54. The van der Waals surface area contributed by atoms with E-state index in [4.69, 9.17) is 18.6 Å². The van der Waals surface area contributed by atoms with Crippen molar-refractivity contribution in [1.82, 2.24) is 5.06 Å². The summed E-state index contributed by atoms with van der Waals surface area (Å²) in [6.07, 6.45) is 0.188. The zero-order chi connectivity index (χ0) is 14.7. The van der Waals surface area contributed by atoms with Crippen molar-refractivity contribution in [1.29, 1.82) is 0 Å². The standard InChI is InChI=1S/C11H22NO6P/c1-6-16-19(14,17-7-2)9-8-11(3,10(13)15-5)18-12(9)4/h9H,6-8H2,1-5H3/t9-,11-/m1/s1. The van der Waals surface area contributed by atoms with Gasteiger partial charge < -0.3 is 13.8 Å². The van der Waals surface area contributed by atoms with E-state index in [-0.39, 0.29) is 19.6 Å². The van der Waals surface area contributed by atoms with Crippen LogP contribution in [0.3, 0.4) is 0 Å². The number of hydrogen-bond acceptors (Lipinski definition) is 7. The summed E-state index contributed by atoms with van der Waals surface area (Å²) in [7, 11) is -0.473. The Balaban J connectivity index is 2.95. The number of nitrogens with zero attached hydrogens (tertiary/aromatic N) is 1. The minimum absolute atomic E-state index is 0.188. The molecule has 1 aliphatic rings. The molecule has 0 bridgehead atoms. The van der Waals surface area contributed by atoms with E-state index in [1.54, 1.807) is 27.8 Å². The maximum absolute atomic E-state index is 12.7. The first-order valence-corrected chi connectivity index (χ1v) is 7.83. The Hall–Kier alpha value is -0.460. The van der Waals surface area contributed by atoms with Gasteiger partial charge in [-0.05, 0) is 20.8 Å². The Morgan fingerprint density at radius 3 is 2.37 bits per heavy atom. The number of carbonyl (C=O) groups excluding carboxylic acids is 1. The molecule has 0 aromatic rings. The van der Waals surface area contributed by atoms with E-state index in [9.17, 15) is 9.36 Å². The minimum atomic E-state index is -3.36. The summed E-state index contributed by atoms with van der Waals surface area (Å²) < 4.78 is 28.0. The van der Waals surface area contributed by atoms with E-state index in [1.165, 1.54) is 12.2 Å². The van der Waals surface area contributed by atoms with Crippen molar-refractivity contribution in [2.45, 2.75) is 38.6 Å².